The van der Waals surface area contributed by atoms with Crippen LogP contribution in [0.1, 0.15) is 44.7 Å². The maximum Gasteiger partial charge on any atom is 0.315 e. The van der Waals surface area contributed by atoms with Gasteiger partial charge in [-0.2, -0.15) is 0 Å². The van der Waals surface area contributed by atoms with Gasteiger partial charge in [-0.25, -0.2) is 4.79 Å². The van der Waals surface area contributed by atoms with Crippen molar-refractivity contribution in [2.45, 2.75) is 50.2 Å². The van der Waals surface area contributed by atoms with Crippen molar-refractivity contribution in [2.24, 2.45) is 5.92 Å². The average molecular weight is 322 g/mol. The van der Waals surface area contributed by atoms with Crippen molar-refractivity contribution in [3.63, 3.8) is 0 Å². The summed E-state index contributed by atoms with van der Waals surface area (Å²) in [4.78, 5) is 13.2. The Bertz CT molecular complexity index is 478. The summed E-state index contributed by atoms with van der Waals surface area (Å²) in [6.45, 7) is 4.76. The number of rotatable bonds is 6. The van der Waals surface area contributed by atoms with Gasteiger partial charge < -0.3 is 15.7 Å². The van der Waals surface area contributed by atoms with Crippen LogP contribution in [0.3, 0.4) is 0 Å². The van der Waals surface area contributed by atoms with E-state index < -0.39 is 0 Å². The molecule has 0 aliphatic heterocycles. The summed E-state index contributed by atoms with van der Waals surface area (Å²) in [5.41, 5.74) is 1.10. The Morgan fingerprint density at radius 1 is 1.36 bits per heavy atom. The summed E-state index contributed by atoms with van der Waals surface area (Å²) < 4.78 is 0. The van der Waals surface area contributed by atoms with Gasteiger partial charge in [-0.15, -0.1) is 11.8 Å². The fourth-order valence-corrected chi connectivity index (χ4v) is 3.48. The van der Waals surface area contributed by atoms with Crippen LogP contribution in [0.2, 0.25) is 0 Å². The van der Waals surface area contributed by atoms with Gasteiger partial charge in [-0.1, -0.05) is 19.1 Å². The maximum absolute atomic E-state index is 11.9. The van der Waals surface area contributed by atoms with Crippen molar-refractivity contribution >= 4 is 17.8 Å². The fourth-order valence-electron chi connectivity index (χ4n) is 2.82. The Hall–Kier alpha value is -1.20. The highest BCUT2D eigenvalue weighted by Gasteiger charge is 2.23. The highest BCUT2D eigenvalue weighted by molar-refractivity contribution is 7.99. The molecule has 22 heavy (non-hydrogen) atoms. The minimum atomic E-state index is -0.187. The van der Waals surface area contributed by atoms with Crippen molar-refractivity contribution in [3.8, 4) is 0 Å². The normalized spacial score (nSPS) is 22.3. The van der Waals surface area contributed by atoms with Crippen molar-refractivity contribution in [3.05, 3.63) is 29.8 Å². The smallest absolute Gasteiger partial charge is 0.315 e. The molecule has 1 aliphatic carbocycles. The molecule has 0 radical (unpaired) electrons. The second-order valence-corrected chi connectivity index (χ2v) is 7.25. The molecule has 0 spiro atoms. The Morgan fingerprint density at radius 2 is 2.09 bits per heavy atom. The Labute approximate surface area is 137 Å². The summed E-state index contributed by atoms with van der Waals surface area (Å²) in [5.74, 6) is 1.47. The lowest BCUT2D eigenvalue weighted by molar-refractivity contribution is 0.177. The number of urea groups is 1. The molecule has 2 amide bonds. The lowest BCUT2D eigenvalue weighted by atomic mass is 10.1. The van der Waals surface area contributed by atoms with Crippen molar-refractivity contribution < 1.29 is 9.90 Å². The van der Waals surface area contributed by atoms with Gasteiger partial charge in [0.1, 0.15) is 0 Å². The second-order valence-electron chi connectivity index (χ2n) is 5.91. The van der Waals surface area contributed by atoms with Crippen LogP contribution in [0.4, 0.5) is 4.79 Å². The van der Waals surface area contributed by atoms with E-state index in [2.05, 4.69) is 41.8 Å². The zero-order valence-corrected chi connectivity index (χ0v) is 14.2. The van der Waals surface area contributed by atoms with Gasteiger partial charge in [0.05, 0.1) is 12.1 Å². The molecular weight excluding hydrogens is 296 g/mol. The van der Waals surface area contributed by atoms with E-state index in [0.717, 1.165) is 30.6 Å². The first-order valence-electron chi connectivity index (χ1n) is 8.03. The van der Waals surface area contributed by atoms with Gasteiger partial charge >= 0.3 is 6.03 Å². The Morgan fingerprint density at radius 3 is 2.68 bits per heavy atom. The van der Waals surface area contributed by atoms with Gasteiger partial charge in [0.25, 0.3) is 0 Å². The first-order chi connectivity index (χ1) is 10.6. The zero-order valence-electron chi connectivity index (χ0n) is 13.3. The highest BCUT2D eigenvalue weighted by atomic mass is 32.2. The number of carbonyl (C=O) groups is 1. The molecule has 122 valence electrons. The standard InChI is InChI=1S/C17H26N2O2S/c1-3-22-16-8-5-14(6-9-16)12(2)19-17(21)18-11-13-4-7-15(20)10-13/h5-6,8-9,12-13,15,20H,3-4,7,10-11H2,1-2H3,(H2,18,19,21)/t12-,13-,15+/m0/s1. The lowest BCUT2D eigenvalue weighted by Crippen LogP contribution is -2.39. The molecule has 0 bridgehead atoms. The number of benzene rings is 1. The second kappa shape index (κ2) is 8.44. The van der Waals surface area contributed by atoms with Crippen LogP contribution in [0, 0.1) is 5.92 Å². The van der Waals surface area contributed by atoms with Gasteiger partial charge in [-0.05, 0) is 55.6 Å². The van der Waals surface area contributed by atoms with Gasteiger partial charge in [0.15, 0.2) is 0 Å². The number of aliphatic hydroxyl groups excluding tert-OH is 1. The van der Waals surface area contributed by atoms with Crippen molar-refractivity contribution in [1.29, 1.82) is 0 Å². The molecule has 3 N–H and O–H groups in total. The van der Waals surface area contributed by atoms with Crippen LogP contribution in [-0.2, 0) is 0 Å². The first kappa shape index (κ1) is 17.2. The van der Waals surface area contributed by atoms with Crippen molar-refractivity contribution in [1.82, 2.24) is 10.6 Å². The van der Waals surface area contributed by atoms with E-state index in [9.17, 15) is 9.90 Å². The third-order valence-electron chi connectivity index (χ3n) is 4.10. The number of thioether (sulfide) groups is 1. The zero-order chi connectivity index (χ0) is 15.9. The summed E-state index contributed by atoms with van der Waals surface area (Å²) >= 11 is 1.81. The van der Waals surface area contributed by atoms with E-state index >= 15 is 0 Å². The van der Waals surface area contributed by atoms with E-state index in [4.69, 9.17) is 0 Å². The maximum atomic E-state index is 11.9. The van der Waals surface area contributed by atoms with Gasteiger partial charge in [0.2, 0.25) is 0 Å². The predicted octanol–water partition coefficient (Wildman–Crippen LogP) is 3.32. The van der Waals surface area contributed by atoms with E-state index in [-0.39, 0.29) is 18.2 Å². The first-order valence-corrected chi connectivity index (χ1v) is 9.02. The van der Waals surface area contributed by atoms with Crippen molar-refractivity contribution in [2.75, 3.05) is 12.3 Å². The van der Waals surface area contributed by atoms with E-state index in [1.165, 1.54) is 4.90 Å². The van der Waals surface area contributed by atoms with Crippen LogP contribution in [0.25, 0.3) is 0 Å². The third kappa shape index (κ3) is 5.21. The average Bonchev–Trinajstić information content (AvgIpc) is 2.92. The van der Waals surface area contributed by atoms with Gasteiger partial charge in [0, 0.05) is 11.4 Å². The number of nitrogens with one attached hydrogen (secondary N) is 2. The summed E-state index contributed by atoms with van der Waals surface area (Å²) in [5, 5.41) is 15.4. The largest absolute Gasteiger partial charge is 0.393 e. The summed E-state index contributed by atoms with van der Waals surface area (Å²) in [6, 6.07) is 8.17. The molecule has 1 aliphatic rings. The third-order valence-corrected chi connectivity index (χ3v) is 5.00. The number of hydrogen-bond donors (Lipinski definition) is 3. The van der Waals surface area contributed by atoms with E-state index in [1.807, 2.05) is 18.7 Å². The molecular formula is C17H26N2O2S. The molecule has 1 aromatic carbocycles. The van der Waals surface area contributed by atoms with Crippen LogP contribution in [-0.4, -0.2) is 29.5 Å². The number of carbonyl (C=O) groups excluding carboxylic acids is 1. The summed E-state index contributed by atoms with van der Waals surface area (Å²) in [7, 11) is 0. The molecule has 0 saturated heterocycles. The summed E-state index contributed by atoms with van der Waals surface area (Å²) in [6.07, 6.45) is 2.46. The molecule has 0 heterocycles. The number of amides is 2. The van der Waals surface area contributed by atoms with Crippen LogP contribution in [0.5, 0.6) is 0 Å². The minimum absolute atomic E-state index is 0.0187. The fraction of sp³-hybridized carbons (Fsp3) is 0.588. The predicted molar refractivity (Wildman–Crippen MR) is 91.1 cm³/mol. The highest BCUT2D eigenvalue weighted by Crippen LogP contribution is 2.24. The number of hydrogen-bond acceptors (Lipinski definition) is 3. The topological polar surface area (TPSA) is 61.4 Å². The minimum Gasteiger partial charge on any atom is -0.393 e. The molecule has 1 saturated carbocycles. The van der Waals surface area contributed by atoms with E-state index in [0.29, 0.717) is 12.5 Å². The molecule has 5 heteroatoms. The molecule has 1 aromatic rings. The van der Waals surface area contributed by atoms with Crippen LogP contribution in [0.15, 0.2) is 29.2 Å². The number of aliphatic hydroxyl groups is 1. The molecule has 4 nitrogen and oxygen atoms in total. The SMILES string of the molecule is CCSc1ccc([C@H](C)NC(=O)NC[C@H]2CC[C@@H](O)C2)cc1. The van der Waals surface area contributed by atoms with E-state index in [1.54, 1.807) is 0 Å². The molecule has 3 atom stereocenters. The quantitative estimate of drug-likeness (QED) is 0.704. The molecule has 0 aromatic heterocycles. The Kier molecular flexibility index (Phi) is 6.58. The van der Waals surface area contributed by atoms with Crippen LogP contribution < -0.4 is 10.6 Å². The lowest BCUT2D eigenvalue weighted by Gasteiger charge is -2.17. The van der Waals surface area contributed by atoms with Crippen LogP contribution >= 0.6 is 11.8 Å². The molecule has 1 fully saturated rings. The molecule has 0 unspecified atom stereocenters. The van der Waals surface area contributed by atoms with Gasteiger partial charge in [-0.3, -0.25) is 0 Å². The Balaban J connectivity index is 1.75. The monoisotopic (exact) mass is 322 g/mol. The molecule has 2 rings (SSSR count).